The average Bonchev–Trinajstić information content (AvgIpc) is 2.88. The van der Waals surface area contributed by atoms with E-state index in [4.69, 9.17) is 9.63 Å². The van der Waals surface area contributed by atoms with Crippen molar-refractivity contribution in [2.24, 2.45) is 11.8 Å². The van der Waals surface area contributed by atoms with Crippen LogP contribution >= 0.6 is 0 Å². The summed E-state index contributed by atoms with van der Waals surface area (Å²) in [5.41, 5.74) is 1.25. The van der Waals surface area contributed by atoms with Gasteiger partial charge in [0, 0.05) is 6.54 Å². The molecule has 0 saturated heterocycles. The van der Waals surface area contributed by atoms with Crippen LogP contribution < -0.4 is 5.32 Å². The number of nitrogens with one attached hydrogen (secondary N) is 1. The molecule has 1 fully saturated rings. The van der Waals surface area contributed by atoms with E-state index in [0.717, 1.165) is 49.1 Å². The summed E-state index contributed by atoms with van der Waals surface area (Å²) in [4.78, 5) is 19.2. The standard InChI is InChI=1S/C14H18N4O3/c1-8-11-12(16-7-17-13(11)21-18-8)15-6-9-2-4-10(5-3-9)14(19)20/h7,9-10H,2-6H2,1H3,(H,19,20)(H,15,16,17). The Morgan fingerprint density at radius 1 is 1.38 bits per heavy atom. The SMILES string of the molecule is Cc1noc2ncnc(NCC3CCC(C(=O)O)CC3)c12. The van der Waals surface area contributed by atoms with Gasteiger partial charge in [0.15, 0.2) is 0 Å². The molecule has 0 aliphatic heterocycles. The number of rotatable bonds is 4. The lowest BCUT2D eigenvalue weighted by atomic mass is 9.82. The monoisotopic (exact) mass is 290 g/mol. The smallest absolute Gasteiger partial charge is 0.306 e. The van der Waals surface area contributed by atoms with E-state index < -0.39 is 5.97 Å². The normalized spacial score (nSPS) is 22.3. The average molecular weight is 290 g/mol. The van der Waals surface area contributed by atoms with Crippen molar-refractivity contribution in [3.63, 3.8) is 0 Å². The number of anilines is 1. The quantitative estimate of drug-likeness (QED) is 0.890. The first kappa shape index (κ1) is 13.8. The van der Waals surface area contributed by atoms with Gasteiger partial charge in [-0.15, -0.1) is 0 Å². The van der Waals surface area contributed by atoms with Crippen molar-refractivity contribution in [3.05, 3.63) is 12.0 Å². The molecule has 2 N–H and O–H groups in total. The fourth-order valence-electron chi connectivity index (χ4n) is 2.91. The van der Waals surface area contributed by atoms with Crippen LogP contribution in [-0.4, -0.2) is 32.7 Å². The van der Waals surface area contributed by atoms with Crippen LogP contribution in [0.15, 0.2) is 10.9 Å². The highest BCUT2D eigenvalue weighted by Crippen LogP contribution is 2.30. The molecule has 1 aliphatic carbocycles. The molecule has 0 radical (unpaired) electrons. The van der Waals surface area contributed by atoms with E-state index in [0.29, 0.717) is 11.6 Å². The highest BCUT2D eigenvalue weighted by Gasteiger charge is 2.26. The van der Waals surface area contributed by atoms with E-state index in [1.807, 2.05) is 6.92 Å². The van der Waals surface area contributed by atoms with Gasteiger partial charge in [-0.05, 0) is 38.5 Å². The summed E-state index contributed by atoms with van der Waals surface area (Å²) >= 11 is 0. The van der Waals surface area contributed by atoms with Crippen LogP contribution in [0.2, 0.25) is 0 Å². The number of hydrogen-bond donors (Lipinski definition) is 2. The molecule has 0 amide bonds. The highest BCUT2D eigenvalue weighted by atomic mass is 16.5. The van der Waals surface area contributed by atoms with Crippen molar-refractivity contribution < 1.29 is 14.4 Å². The van der Waals surface area contributed by atoms with E-state index >= 15 is 0 Å². The number of hydrogen-bond acceptors (Lipinski definition) is 6. The third kappa shape index (κ3) is 2.81. The molecule has 0 aromatic carbocycles. The summed E-state index contributed by atoms with van der Waals surface area (Å²) in [6.45, 7) is 2.64. The molecule has 0 unspecified atom stereocenters. The molecule has 3 rings (SSSR count). The van der Waals surface area contributed by atoms with Crippen molar-refractivity contribution in [2.75, 3.05) is 11.9 Å². The Morgan fingerprint density at radius 3 is 2.86 bits per heavy atom. The highest BCUT2D eigenvalue weighted by molar-refractivity contribution is 5.87. The Hall–Kier alpha value is -2.18. The maximum Gasteiger partial charge on any atom is 0.306 e. The molecular weight excluding hydrogens is 272 g/mol. The van der Waals surface area contributed by atoms with Gasteiger partial charge in [-0.1, -0.05) is 5.16 Å². The molecule has 1 aliphatic rings. The molecule has 2 aromatic rings. The number of fused-ring (bicyclic) bond motifs is 1. The molecule has 7 nitrogen and oxygen atoms in total. The zero-order valence-corrected chi connectivity index (χ0v) is 11.9. The largest absolute Gasteiger partial charge is 0.481 e. The van der Waals surface area contributed by atoms with Gasteiger partial charge in [0.05, 0.1) is 11.6 Å². The Labute approximate surface area is 121 Å². The van der Waals surface area contributed by atoms with Gasteiger partial charge in [0.2, 0.25) is 0 Å². The maximum absolute atomic E-state index is 10.9. The molecule has 0 bridgehead atoms. The Bertz CT molecular complexity index is 647. The maximum atomic E-state index is 10.9. The predicted molar refractivity (Wildman–Crippen MR) is 75.9 cm³/mol. The van der Waals surface area contributed by atoms with Crippen molar-refractivity contribution in [2.45, 2.75) is 32.6 Å². The van der Waals surface area contributed by atoms with E-state index in [2.05, 4.69) is 20.4 Å². The number of aromatic nitrogens is 3. The first-order chi connectivity index (χ1) is 10.1. The molecule has 0 atom stereocenters. The Balaban J connectivity index is 1.63. The third-order valence-corrected chi connectivity index (χ3v) is 4.20. The summed E-state index contributed by atoms with van der Waals surface area (Å²) in [6, 6.07) is 0. The van der Waals surface area contributed by atoms with Crippen LogP contribution in [0, 0.1) is 18.8 Å². The number of nitrogens with zero attached hydrogens (tertiary/aromatic N) is 3. The van der Waals surface area contributed by atoms with Gasteiger partial charge in [-0.2, -0.15) is 4.98 Å². The number of carboxylic acid groups (broad SMARTS) is 1. The van der Waals surface area contributed by atoms with Crippen molar-refractivity contribution in [3.8, 4) is 0 Å². The molecule has 21 heavy (non-hydrogen) atoms. The van der Waals surface area contributed by atoms with Crippen molar-refractivity contribution in [1.29, 1.82) is 0 Å². The molecule has 2 aromatic heterocycles. The van der Waals surface area contributed by atoms with Crippen LogP contribution in [0.25, 0.3) is 11.1 Å². The number of aliphatic carboxylic acids is 1. The zero-order valence-electron chi connectivity index (χ0n) is 11.9. The van der Waals surface area contributed by atoms with Crippen LogP contribution in [0.1, 0.15) is 31.4 Å². The van der Waals surface area contributed by atoms with E-state index in [9.17, 15) is 4.79 Å². The van der Waals surface area contributed by atoms with Gasteiger partial charge >= 0.3 is 5.97 Å². The first-order valence-electron chi connectivity index (χ1n) is 7.19. The van der Waals surface area contributed by atoms with Crippen molar-refractivity contribution in [1.82, 2.24) is 15.1 Å². The van der Waals surface area contributed by atoms with Crippen molar-refractivity contribution >= 4 is 22.9 Å². The lowest BCUT2D eigenvalue weighted by molar-refractivity contribution is -0.143. The second-order valence-corrected chi connectivity index (χ2v) is 5.61. The lowest BCUT2D eigenvalue weighted by Gasteiger charge is -2.26. The predicted octanol–water partition coefficient (Wildman–Crippen LogP) is 2.23. The molecule has 112 valence electrons. The van der Waals surface area contributed by atoms with Gasteiger partial charge in [-0.25, -0.2) is 4.98 Å². The van der Waals surface area contributed by atoms with Crippen LogP contribution in [0.4, 0.5) is 5.82 Å². The topological polar surface area (TPSA) is 101 Å². The number of carboxylic acids is 1. The van der Waals surface area contributed by atoms with E-state index in [1.54, 1.807) is 0 Å². The van der Waals surface area contributed by atoms with Gasteiger partial charge in [-0.3, -0.25) is 4.79 Å². The van der Waals surface area contributed by atoms with Gasteiger partial charge in [0.25, 0.3) is 5.71 Å². The summed E-state index contributed by atoms with van der Waals surface area (Å²) in [7, 11) is 0. The fourth-order valence-corrected chi connectivity index (χ4v) is 2.91. The summed E-state index contributed by atoms with van der Waals surface area (Å²) < 4.78 is 5.12. The van der Waals surface area contributed by atoms with E-state index in [-0.39, 0.29) is 5.92 Å². The zero-order chi connectivity index (χ0) is 14.8. The van der Waals surface area contributed by atoms with Crippen LogP contribution in [-0.2, 0) is 4.79 Å². The van der Waals surface area contributed by atoms with E-state index in [1.165, 1.54) is 6.33 Å². The molecule has 1 saturated carbocycles. The summed E-state index contributed by atoms with van der Waals surface area (Å²) in [5.74, 6) is 0.372. The summed E-state index contributed by atoms with van der Waals surface area (Å²) in [5, 5.41) is 17.1. The Kier molecular flexibility index (Phi) is 3.72. The Morgan fingerprint density at radius 2 is 2.14 bits per heavy atom. The van der Waals surface area contributed by atoms with Gasteiger partial charge < -0.3 is 14.9 Å². The minimum atomic E-state index is -0.668. The lowest BCUT2D eigenvalue weighted by Crippen LogP contribution is -2.25. The molecule has 2 heterocycles. The van der Waals surface area contributed by atoms with Gasteiger partial charge in [0.1, 0.15) is 17.5 Å². The fraction of sp³-hybridized carbons (Fsp3) is 0.571. The number of aryl methyl sites for hydroxylation is 1. The molecular formula is C14H18N4O3. The second-order valence-electron chi connectivity index (χ2n) is 5.61. The van der Waals surface area contributed by atoms with Crippen LogP contribution in [0.3, 0.4) is 0 Å². The first-order valence-corrected chi connectivity index (χ1v) is 7.19. The second kappa shape index (κ2) is 5.67. The third-order valence-electron chi connectivity index (χ3n) is 4.20. The molecule has 0 spiro atoms. The van der Waals surface area contributed by atoms with Crippen LogP contribution in [0.5, 0.6) is 0 Å². The molecule has 7 heteroatoms. The minimum absolute atomic E-state index is 0.174. The summed E-state index contributed by atoms with van der Waals surface area (Å²) in [6.07, 6.45) is 4.83. The minimum Gasteiger partial charge on any atom is -0.481 e. The number of carbonyl (C=O) groups is 1.